The third kappa shape index (κ3) is 2.87. The van der Waals surface area contributed by atoms with Gasteiger partial charge >= 0.3 is 5.97 Å². The molecular weight excluding hydrogens is 292 g/mol. The van der Waals surface area contributed by atoms with E-state index in [2.05, 4.69) is 4.74 Å². The Balaban J connectivity index is 2.28. The standard InChI is InChI=1S/C14H16N2O4S/c1-8-5-10(9(2)15(8)3)6-11-13(18)16(14(19)21-11)7-12(17)20-4/h5-6H,7H2,1-4H3/b11-6-. The van der Waals surface area contributed by atoms with Crippen molar-refractivity contribution in [1.29, 1.82) is 0 Å². The van der Waals surface area contributed by atoms with Gasteiger partial charge in [-0.15, -0.1) is 0 Å². The number of amides is 2. The SMILES string of the molecule is COC(=O)CN1C(=O)S/C(=C\c2cc(C)n(C)c2C)C1=O. The largest absolute Gasteiger partial charge is 0.468 e. The molecule has 0 N–H and O–H groups in total. The molecule has 0 saturated carbocycles. The molecule has 112 valence electrons. The minimum Gasteiger partial charge on any atom is -0.468 e. The van der Waals surface area contributed by atoms with Crippen molar-refractivity contribution in [3.8, 4) is 0 Å². The van der Waals surface area contributed by atoms with E-state index < -0.39 is 17.1 Å². The number of rotatable bonds is 3. The summed E-state index contributed by atoms with van der Waals surface area (Å²) in [5.74, 6) is -1.08. The van der Waals surface area contributed by atoms with Gasteiger partial charge in [0.05, 0.1) is 12.0 Å². The highest BCUT2D eigenvalue weighted by atomic mass is 32.2. The number of hydrogen-bond acceptors (Lipinski definition) is 5. The van der Waals surface area contributed by atoms with Crippen LogP contribution in [0.15, 0.2) is 11.0 Å². The first kappa shape index (κ1) is 15.4. The number of aryl methyl sites for hydroxylation is 1. The van der Waals surface area contributed by atoms with Gasteiger partial charge in [0, 0.05) is 18.4 Å². The predicted octanol–water partition coefficient (Wildman–Crippen LogP) is 1.85. The molecule has 1 aliphatic heterocycles. The van der Waals surface area contributed by atoms with Crippen LogP contribution in [0, 0.1) is 13.8 Å². The molecule has 0 atom stereocenters. The van der Waals surface area contributed by atoms with E-state index in [1.54, 1.807) is 6.08 Å². The molecule has 2 heterocycles. The maximum atomic E-state index is 12.2. The molecule has 1 aromatic rings. The Morgan fingerprint density at radius 1 is 1.38 bits per heavy atom. The summed E-state index contributed by atoms with van der Waals surface area (Å²) < 4.78 is 6.49. The van der Waals surface area contributed by atoms with Crippen molar-refractivity contribution in [3.63, 3.8) is 0 Å². The molecular formula is C14H16N2O4S. The van der Waals surface area contributed by atoms with Crippen LogP contribution < -0.4 is 0 Å². The van der Waals surface area contributed by atoms with E-state index in [9.17, 15) is 14.4 Å². The average Bonchev–Trinajstić information content (AvgIpc) is 2.84. The molecule has 0 spiro atoms. The van der Waals surface area contributed by atoms with E-state index in [-0.39, 0.29) is 6.54 Å². The van der Waals surface area contributed by atoms with Crippen LogP contribution in [0.3, 0.4) is 0 Å². The van der Waals surface area contributed by atoms with Crippen LogP contribution in [0.1, 0.15) is 17.0 Å². The second-order valence-corrected chi connectivity index (χ2v) is 5.72. The lowest BCUT2D eigenvalue weighted by atomic mass is 10.2. The number of ether oxygens (including phenoxy) is 1. The van der Waals surface area contributed by atoms with E-state index >= 15 is 0 Å². The average molecular weight is 308 g/mol. The lowest BCUT2D eigenvalue weighted by Crippen LogP contribution is -2.34. The molecule has 0 radical (unpaired) electrons. The summed E-state index contributed by atoms with van der Waals surface area (Å²) in [5, 5.41) is -0.457. The van der Waals surface area contributed by atoms with Crippen molar-refractivity contribution in [3.05, 3.63) is 27.9 Å². The lowest BCUT2D eigenvalue weighted by molar-refractivity contribution is -0.143. The molecule has 1 fully saturated rings. The molecule has 2 rings (SSSR count). The molecule has 0 aliphatic carbocycles. The molecule has 6 nitrogen and oxygen atoms in total. The van der Waals surface area contributed by atoms with E-state index in [1.165, 1.54) is 7.11 Å². The second kappa shape index (κ2) is 5.77. The van der Waals surface area contributed by atoms with E-state index in [0.717, 1.165) is 33.6 Å². The van der Waals surface area contributed by atoms with E-state index in [4.69, 9.17) is 0 Å². The molecule has 1 aliphatic rings. The number of thioether (sulfide) groups is 1. The van der Waals surface area contributed by atoms with E-state index in [0.29, 0.717) is 4.91 Å². The fraction of sp³-hybridized carbons (Fsp3) is 0.357. The van der Waals surface area contributed by atoms with E-state index in [1.807, 2.05) is 31.5 Å². The van der Waals surface area contributed by atoms with Gasteiger partial charge in [-0.25, -0.2) is 0 Å². The first-order valence-electron chi connectivity index (χ1n) is 6.30. The molecule has 7 heteroatoms. The number of nitrogens with zero attached hydrogens (tertiary/aromatic N) is 2. The number of methoxy groups -OCH3 is 1. The molecule has 0 unspecified atom stereocenters. The molecule has 21 heavy (non-hydrogen) atoms. The van der Waals surface area contributed by atoms with Crippen LogP contribution in [0.2, 0.25) is 0 Å². The highest BCUT2D eigenvalue weighted by Crippen LogP contribution is 2.32. The maximum absolute atomic E-state index is 12.2. The van der Waals surface area contributed by atoms with Crippen molar-refractivity contribution < 1.29 is 19.1 Å². The number of aromatic nitrogens is 1. The van der Waals surface area contributed by atoms with Crippen LogP contribution in [-0.4, -0.2) is 40.2 Å². The number of imide groups is 1. The van der Waals surface area contributed by atoms with Gasteiger partial charge in [0.2, 0.25) is 0 Å². The van der Waals surface area contributed by atoms with Crippen molar-refractivity contribution in [2.45, 2.75) is 13.8 Å². The Bertz CT molecular complexity index is 660. The maximum Gasteiger partial charge on any atom is 0.325 e. The monoisotopic (exact) mass is 308 g/mol. The summed E-state index contributed by atoms with van der Waals surface area (Å²) in [4.78, 5) is 36.4. The zero-order valence-electron chi connectivity index (χ0n) is 12.3. The minimum absolute atomic E-state index is 0.317. The van der Waals surface area contributed by atoms with Crippen molar-refractivity contribution in [2.75, 3.05) is 13.7 Å². The molecule has 0 aromatic carbocycles. The fourth-order valence-electron chi connectivity index (χ4n) is 2.00. The second-order valence-electron chi connectivity index (χ2n) is 4.73. The Hall–Kier alpha value is -2.02. The highest BCUT2D eigenvalue weighted by Gasteiger charge is 2.36. The number of carbonyl (C=O) groups is 3. The summed E-state index contributed by atoms with van der Waals surface area (Å²) in [7, 11) is 3.15. The summed E-state index contributed by atoms with van der Waals surface area (Å²) in [6, 6.07) is 1.95. The Labute approximate surface area is 126 Å². The van der Waals surface area contributed by atoms with Gasteiger partial charge in [0.25, 0.3) is 11.1 Å². The number of carbonyl (C=O) groups excluding carboxylic acids is 3. The van der Waals surface area contributed by atoms with Gasteiger partial charge in [-0.2, -0.15) is 0 Å². The van der Waals surface area contributed by atoms with Crippen LogP contribution >= 0.6 is 11.8 Å². The van der Waals surface area contributed by atoms with Crippen molar-refractivity contribution in [1.82, 2.24) is 9.47 Å². The molecule has 1 aromatic heterocycles. The topological polar surface area (TPSA) is 68.6 Å². The smallest absolute Gasteiger partial charge is 0.325 e. The van der Waals surface area contributed by atoms with Crippen molar-refractivity contribution >= 4 is 35.0 Å². The van der Waals surface area contributed by atoms with Gasteiger partial charge in [0.15, 0.2) is 0 Å². The third-order valence-electron chi connectivity index (χ3n) is 3.49. The van der Waals surface area contributed by atoms with Gasteiger partial charge in [0.1, 0.15) is 6.54 Å². The fourth-order valence-corrected chi connectivity index (χ4v) is 2.83. The quantitative estimate of drug-likeness (QED) is 0.629. The van der Waals surface area contributed by atoms with Crippen LogP contribution in [-0.2, 0) is 21.4 Å². The molecule has 0 bridgehead atoms. The number of esters is 1. The van der Waals surface area contributed by atoms with Gasteiger partial charge in [-0.3, -0.25) is 19.3 Å². The third-order valence-corrected chi connectivity index (χ3v) is 4.40. The van der Waals surface area contributed by atoms with Gasteiger partial charge in [-0.1, -0.05) is 0 Å². The Morgan fingerprint density at radius 2 is 2.05 bits per heavy atom. The minimum atomic E-state index is -0.620. The summed E-state index contributed by atoms with van der Waals surface area (Å²) in [6.07, 6.45) is 1.69. The highest BCUT2D eigenvalue weighted by molar-refractivity contribution is 8.18. The Morgan fingerprint density at radius 3 is 2.57 bits per heavy atom. The predicted molar refractivity (Wildman–Crippen MR) is 79.6 cm³/mol. The van der Waals surface area contributed by atoms with Gasteiger partial charge < -0.3 is 9.30 Å². The van der Waals surface area contributed by atoms with Crippen molar-refractivity contribution in [2.24, 2.45) is 7.05 Å². The van der Waals surface area contributed by atoms with Crippen LogP contribution in [0.4, 0.5) is 4.79 Å². The normalized spacial score (nSPS) is 17.0. The summed E-state index contributed by atoms with van der Waals surface area (Å²) in [6.45, 7) is 3.55. The van der Waals surface area contributed by atoms with Gasteiger partial charge in [-0.05, 0) is 43.3 Å². The lowest BCUT2D eigenvalue weighted by Gasteiger charge is -2.09. The summed E-state index contributed by atoms with van der Waals surface area (Å²) >= 11 is 0.834. The first-order chi connectivity index (χ1) is 9.85. The first-order valence-corrected chi connectivity index (χ1v) is 7.12. The zero-order chi connectivity index (χ0) is 15.7. The Kier molecular flexibility index (Phi) is 4.22. The summed E-state index contributed by atoms with van der Waals surface area (Å²) in [5.41, 5.74) is 2.96. The zero-order valence-corrected chi connectivity index (χ0v) is 13.1. The van der Waals surface area contributed by atoms with Crippen LogP contribution in [0.25, 0.3) is 6.08 Å². The molecule has 2 amide bonds. The molecule has 1 saturated heterocycles. The number of hydrogen-bond donors (Lipinski definition) is 0. The van der Waals surface area contributed by atoms with Crippen LogP contribution in [0.5, 0.6) is 0 Å².